The number of nitrogen functional groups attached to an aromatic ring is 1. The summed E-state index contributed by atoms with van der Waals surface area (Å²) in [6, 6.07) is 0.948. The molecule has 3 saturated carbocycles. The van der Waals surface area contributed by atoms with Crippen molar-refractivity contribution in [3.63, 3.8) is 0 Å². The first kappa shape index (κ1) is 34.4. The number of aromatic nitrogens is 4. The molecule has 3 unspecified atom stereocenters. The van der Waals surface area contributed by atoms with Crippen LogP contribution in [0.15, 0.2) is 29.0 Å². The average Bonchev–Trinajstić information content (AvgIpc) is 3.69. The number of hydrogen-bond donors (Lipinski definition) is 6. The fourth-order valence-corrected chi connectivity index (χ4v) is 7.40. The van der Waals surface area contributed by atoms with Gasteiger partial charge in [-0.2, -0.15) is 4.98 Å². The number of nitrogens with one attached hydrogen (secondary N) is 2. The molecule has 2 bridgehead atoms. The van der Waals surface area contributed by atoms with Gasteiger partial charge in [0.25, 0.3) is 0 Å². The lowest BCUT2D eigenvalue weighted by Crippen LogP contribution is -2.53. The molecule has 13 heteroatoms. The number of benzene rings is 1. The molecule has 256 valence electrons. The topological polar surface area (TPSA) is 213 Å². The summed E-state index contributed by atoms with van der Waals surface area (Å²) in [6.45, 7) is 4.74. The Morgan fingerprint density at radius 2 is 1.79 bits per heavy atom. The lowest BCUT2D eigenvalue weighted by atomic mass is 9.59. The number of nitrogens with zero attached hydrogens (tertiary/aromatic N) is 4. The van der Waals surface area contributed by atoms with Gasteiger partial charge < -0.3 is 42.0 Å². The smallest absolute Gasteiger partial charge is 0.249 e. The van der Waals surface area contributed by atoms with Gasteiger partial charge in [-0.05, 0) is 125 Å². The highest BCUT2D eigenvalue weighted by atomic mass is 16.5. The number of phenols is 1. The van der Waals surface area contributed by atoms with Crippen molar-refractivity contribution < 1.29 is 19.2 Å². The highest BCUT2D eigenvalue weighted by Gasteiger charge is 2.41. The quantitative estimate of drug-likeness (QED) is 0.133. The summed E-state index contributed by atoms with van der Waals surface area (Å²) < 4.78 is 7.55. The van der Waals surface area contributed by atoms with Crippen LogP contribution in [0.4, 0.5) is 5.95 Å². The van der Waals surface area contributed by atoms with E-state index in [0.717, 1.165) is 29.0 Å². The standard InChI is InChI=1S/C34H51N9O4/c1-21-17-24(44)18-22(2)25(21)19-28(40-30(45)26(36)5-4-15-43-16-14-38-33(43)37)31(46)39-27(6-3-13-35)32-41-29(42-47-32)20-34-10-7-23(8-11-34)9-12-34/h14,16-18,23,26-28,44H,3-13,15,19-20,35-36H2,1-2H3,(H2,37,38)(H,39,46)(H,40,45). The average molecular weight is 650 g/mol. The van der Waals surface area contributed by atoms with E-state index in [2.05, 4.69) is 20.8 Å². The zero-order valence-electron chi connectivity index (χ0n) is 27.7. The Hall–Kier alpha value is -3.97. The van der Waals surface area contributed by atoms with Crippen molar-refractivity contribution in [3.8, 4) is 5.75 Å². The summed E-state index contributed by atoms with van der Waals surface area (Å²) in [6.07, 6.45) is 13.9. The number of aromatic hydroxyl groups is 1. The molecule has 2 heterocycles. The third kappa shape index (κ3) is 8.69. The number of phenolic OH excluding ortho intramolecular Hbond substituents is 1. The van der Waals surface area contributed by atoms with E-state index in [9.17, 15) is 14.7 Å². The number of carbonyl (C=O) groups is 2. The van der Waals surface area contributed by atoms with Crippen LogP contribution in [0.2, 0.25) is 0 Å². The summed E-state index contributed by atoms with van der Waals surface area (Å²) >= 11 is 0. The van der Waals surface area contributed by atoms with Crippen molar-refractivity contribution in [2.24, 2.45) is 22.8 Å². The van der Waals surface area contributed by atoms with Crippen LogP contribution in [-0.2, 0) is 29.0 Å². The predicted molar refractivity (Wildman–Crippen MR) is 178 cm³/mol. The number of amides is 2. The van der Waals surface area contributed by atoms with Gasteiger partial charge >= 0.3 is 0 Å². The van der Waals surface area contributed by atoms with Crippen LogP contribution in [0.5, 0.6) is 5.75 Å². The predicted octanol–water partition coefficient (Wildman–Crippen LogP) is 3.12. The molecule has 3 fully saturated rings. The van der Waals surface area contributed by atoms with E-state index in [1.165, 1.54) is 38.5 Å². The van der Waals surface area contributed by atoms with Crippen molar-refractivity contribution in [2.45, 2.75) is 116 Å². The second-order valence-electron chi connectivity index (χ2n) is 13.8. The van der Waals surface area contributed by atoms with Gasteiger partial charge in [-0.15, -0.1) is 0 Å². The maximum atomic E-state index is 14.0. The third-order valence-electron chi connectivity index (χ3n) is 10.3. The number of imidazole rings is 1. The molecule has 1 aromatic carbocycles. The van der Waals surface area contributed by atoms with Crippen LogP contribution in [-0.4, -0.2) is 55.2 Å². The number of rotatable bonds is 16. The van der Waals surface area contributed by atoms with Gasteiger partial charge in [-0.25, -0.2) is 4.98 Å². The largest absolute Gasteiger partial charge is 0.508 e. The first-order valence-electron chi connectivity index (χ1n) is 17.0. The number of aryl methyl sites for hydroxylation is 3. The minimum atomic E-state index is -0.945. The Bertz CT molecular complexity index is 1470. The highest BCUT2D eigenvalue weighted by Crippen LogP contribution is 2.51. The molecule has 0 aliphatic heterocycles. The van der Waals surface area contributed by atoms with E-state index in [-0.39, 0.29) is 17.6 Å². The normalized spacial score (nSPS) is 20.9. The Labute approximate surface area is 276 Å². The summed E-state index contributed by atoms with van der Waals surface area (Å²) in [5, 5.41) is 20.4. The SMILES string of the molecule is Cc1cc(O)cc(C)c1CC(NC(=O)C(N)CCCn1ccnc1N)C(=O)NC(CCCN)c1nc(CC23CCC(CC2)CC3)no1. The molecule has 6 rings (SSSR count). The monoisotopic (exact) mass is 649 g/mol. The van der Waals surface area contributed by atoms with Crippen molar-refractivity contribution in [2.75, 3.05) is 12.3 Å². The Kier molecular flexibility index (Phi) is 11.2. The van der Waals surface area contributed by atoms with Gasteiger partial charge in [0, 0.05) is 31.8 Å². The van der Waals surface area contributed by atoms with E-state index in [0.29, 0.717) is 56.4 Å². The lowest BCUT2D eigenvalue weighted by Gasteiger charge is -2.46. The van der Waals surface area contributed by atoms with E-state index >= 15 is 0 Å². The van der Waals surface area contributed by atoms with Gasteiger partial charge in [0.1, 0.15) is 17.8 Å². The second kappa shape index (κ2) is 15.3. The maximum Gasteiger partial charge on any atom is 0.249 e. The van der Waals surface area contributed by atoms with Gasteiger partial charge in [0.05, 0.1) is 6.04 Å². The van der Waals surface area contributed by atoms with E-state index in [1.54, 1.807) is 29.1 Å². The van der Waals surface area contributed by atoms with Crippen LogP contribution in [0.1, 0.15) is 98.7 Å². The summed E-state index contributed by atoms with van der Waals surface area (Å²) in [4.78, 5) is 36.2. The third-order valence-corrected chi connectivity index (χ3v) is 10.3. The molecule has 0 saturated heterocycles. The number of anilines is 1. The van der Waals surface area contributed by atoms with Gasteiger partial charge in [0.15, 0.2) is 11.8 Å². The molecule has 0 radical (unpaired) electrons. The molecule has 3 aromatic rings. The first-order chi connectivity index (χ1) is 22.6. The van der Waals surface area contributed by atoms with Gasteiger partial charge in [-0.1, -0.05) is 5.16 Å². The number of hydrogen-bond acceptors (Lipinski definition) is 10. The fraction of sp³-hybridized carbons (Fsp3) is 0.618. The lowest BCUT2D eigenvalue weighted by molar-refractivity contribution is -0.130. The Morgan fingerprint density at radius 1 is 1.09 bits per heavy atom. The number of fused-ring (bicyclic) bond motifs is 3. The van der Waals surface area contributed by atoms with Crippen LogP contribution < -0.4 is 27.8 Å². The molecule has 13 nitrogen and oxygen atoms in total. The van der Waals surface area contributed by atoms with Crippen LogP contribution in [0, 0.1) is 25.2 Å². The summed E-state index contributed by atoms with van der Waals surface area (Å²) in [5.74, 6) is 1.61. The maximum absolute atomic E-state index is 14.0. The first-order valence-corrected chi connectivity index (χ1v) is 17.0. The molecule has 3 aliphatic carbocycles. The molecule has 2 aromatic heterocycles. The van der Waals surface area contributed by atoms with Crippen LogP contribution >= 0.6 is 0 Å². The van der Waals surface area contributed by atoms with Crippen LogP contribution in [0.3, 0.4) is 0 Å². The summed E-state index contributed by atoms with van der Waals surface area (Å²) in [7, 11) is 0. The Balaban J connectivity index is 1.30. The van der Waals surface area contributed by atoms with Gasteiger partial charge in [-0.3, -0.25) is 9.59 Å². The van der Waals surface area contributed by atoms with Crippen molar-refractivity contribution >= 4 is 17.8 Å². The van der Waals surface area contributed by atoms with E-state index < -0.39 is 29.9 Å². The molecule has 9 N–H and O–H groups in total. The van der Waals surface area contributed by atoms with Crippen molar-refractivity contribution in [1.29, 1.82) is 0 Å². The Morgan fingerprint density at radius 3 is 2.43 bits per heavy atom. The zero-order chi connectivity index (χ0) is 33.6. The van der Waals surface area contributed by atoms with Crippen molar-refractivity contribution in [3.05, 3.63) is 52.9 Å². The molecular formula is C34H51N9O4. The minimum absolute atomic E-state index is 0.143. The number of carbonyl (C=O) groups excluding carboxylic acids is 2. The van der Waals surface area contributed by atoms with Crippen molar-refractivity contribution in [1.82, 2.24) is 30.3 Å². The molecule has 3 atom stereocenters. The molecule has 3 aliphatic rings. The molecule has 47 heavy (non-hydrogen) atoms. The molecule has 2 amide bonds. The van der Waals surface area contributed by atoms with Crippen LogP contribution in [0.25, 0.3) is 0 Å². The van der Waals surface area contributed by atoms with E-state index in [1.807, 2.05) is 13.8 Å². The second-order valence-corrected chi connectivity index (χ2v) is 13.8. The summed E-state index contributed by atoms with van der Waals surface area (Å²) in [5.41, 5.74) is 20.7. The minimum Gasteiger partial charge on any atom is -0.508 e. The molecule has 0 spiro atoms. The number of nitrogens with two attached hydrogens (primary N) is 3. The zero-order valence-corrected chi connectivity index (χ0v) is 27.7. The fourth-order valence-electron chi connectivity index (χ4n) is 7.40. The van der Waals surface area contributed by atoms with Gasteiger partial charge in [0.2, 0.25) is 17.7 Å². The molecular weight excluding hydrogens is 598 g/mol. The highest BCUT2D eigenvalue weighted by molar-refractivity contribution is 5.90. The van der Waals surface area contributed by atoms with E-state index in [4.69, 9.17) is 26.7 Å².